The molecule has 0 saturated carbocycles. The van der Waals surface area contributed by atoms with Crippen molar-refractivity contribution in [2.45, 2.75) is 6.54 Å². The number of thiophene rings is 1. The summed E-state index contributed by atoms with van der Waals surface area (Å²) in [5, 5.41) is 20.0. The normalized spacial score (nSPS) is 10.6. The predicted octanol–water partition coefficient (Wildman–Crippen LogP) is 2.15. The summed E-state index contributed by atoms with van der Waals surface area (Å²) in [7, 11) is 0. The fourth-order valence-electron chi connectivity index (χ4n) is 1.83. The maximum absolute atomic E-state index is 10.8. The SMILES string of the molecule is O=C(O)Cn1nnnc1-c1ccc(-c2ccccc2)s1. The van der Waals surface area contributed by atoms with E-state index in [1.807, 2.05) is 42.5 Å². The third-order valence-corrected chi connectivity index (χ3v) is 3.83. The van der Waals surface area contributed by atoms with E-state index in [2.05, 4.69) is 15.5 Å². The summed E-state index contributed by atoms with van der Waals surface area (Å²) in [5.41, 5.74) is 1.11. The molecule has 0 aliphatic heterocycles. The van der Waals surface area contributed by atoms with Gasteiger partial charge in [-0.25, -0.2) is 4.68 Å². The van der Waals surface area contributed by atoms with Gasteiger partial charge in [0.05, 0.1) is 4.88 Å². The van der Waals surface area contributed by atoms with E-state index in [1.54, 1.807) is 0 Å². The zero-order valence-corrected chi connectivity index (χ0v) is 11.1. The molecule has 100 valence electrons. The molecule has 20 heavy (non-hydrogen) atoms. The fraction of sp³-hybridized carbons (Fsp3) is 0.0769. The smallest absolute Gasteiger partial charge is 0.325 e. The van der Waals surface area contributed by atoms with Crippen LogP contribution in [-0.4, -0.2) is 31.3 Å². The number of hydrogen-bond donors (Lipinski definition) is 1. The molecule has 0 unspecified atom stereocenters. The molecular formula is C13H10N4O2S. The summed E-state index contributed by atoms with van der Waals surface area (Å²) in [4.78, 5) is 12.7. The van der Waals surface area contributed by atoms with Crippen molar-refractivity contribution in [3.8, 4) is 21.1 Å². The second kappa shape index (κ2) is 5.22. The number of carboxylic acid groups (broad SMARTS) is 1. The highest BCUT2D eigenvalue weighted by atomic mass is 32.1. The Balaban J connectivity index is 1.95. The number of carboxylic acids is 1. The molecule has 2 aromatic heterocycles. The minimum atomic E-state index is -0.974. The van der Waals surface area contributed by atoms with E-state index in [1.165, 1.54) is 16.0 Å². The minimum Gasteiger partial charge on any atom is -0.480 e. The monoisotopic (exact) mass is 286 g/mol. The molecule has 0 aliphatic carbocycles. The number of rotatable bonds is 4. The van der Waals surface area contributed by atoms with Gasteiger partial charge in [0, 0.05) is 4.88 Å². The standard InChI is InChI=1S/C13H10N4O2S/c18-12(19)8-17-13(14-15-16-17)11-7-6-10(20-11)9-4-2-1-3-5-9/h1-7H,8H2,(H,18,19). The average molecular weight is 286 g/mol. The van der Waals surface area contributed by atoms with Gasteiger partial charge in [0.15, 0.2) is 5.82 Å². The molecule has 0 bridgehead atoms. The van der Waals surface area contributed by atoms with Crippen molar-refractivity contribution < 1.29 is 9.90 Å². The molecule has 0 saturated heterocycles. The zero-order valence-electron chi connectivity index (χ0n) is 10.3. The summed E-state index contributed by atoms with van der Waals surface area (Å²) in [6.07, 6.45) is 0. The molecule has 0 aliphatic rings. The van der Waals surface area contributed by atoms with Crippen molar-refractivity contribution in [2.75, 3.05) is 0 Å². The van der Waals surface area contributed by atoms with Gasteiger partial charge in [-0.1, -0.05) is 30.3 Å². The molecule has 6 nitrogen and oxygen atoms in total. The van der Waals surface area contributed by atoms with Crippen LogP contribution in [0.4, 0.5) is 0 Å². The summed E-state index contributed by atoms with van der Waals surface area (Å²) >= 11 is 1.53. The summed E-state index contributed by atoms with van der Waals surface area (Å²) in [5.74, 6) is -0.502. The van der Waals surface area contributed by atoms with Crippen LogP contribution in [0.15, 0.2) is 42.5 Å². The Morgan fingerprint density at radius 3 is 2.65 bits per heavy atom. The van der Waals surface area contributed by atoms with Gasteiger partial charge >= 0.3 is 5.97 Å². The Hall–Kier alpha value is -2.54. The van der Waals surface area contributed by atoms with Crippen LogP contribution in [0.3, 0.4) is 0 Å². The molecule has 0 radical (unpaired) electrons. The quantitative estimate of drug-likeness (QED) is 0.794. The van der Waals surface area contributed by atoms with Crippen LogP contribution in [0.1, 0.15) is 0 Å². The van der Waals surface area contributed by atoms with Crippen molar-refractivity contribution >= 4 is 17.3 Å². The van der Waals surface area contributed by atoms with E-state index in [0.717, 1.165) is 15.3 Å². The number of nitrogens with zero attached hydrogens (tertiary/aromatic N) is 4. The molecule has 1 aromatic carbocycles. The van der Waals surface area contributed by atoms with Gasteiger partial charge in [-0.15, -0.1) is 16.4 Å². The van der Waals surface area contributed by atoms with E-state index in [4.69, 9.17) is 5.11 Å². The number of carbonyl (C=O) groups is 1. The second-order valence-corrected chi connectivity index (χ2v) is 5.17. The van der Waals surface area contributed by atoms with Gasteiger partial charge < -0.3 is 5.11 Å². The van der Waals surface area contributed by atoms with Crippen molar-refractivity contribution in [2.24, 2.45) is 0 Å². The van der Waals surface area contributed by atoms with Crippen molar-refractivity contribution in [1.82, 2.24) is 20.2 Å². The lowest BCUT2D eigenvalue weighted by atomic mass is 10.2. The lowest BCUT2D eigenvalue weighted by molar-refractivity contribution is -0.137. The highest BCUT2D eigenvalue weighted by Crippen LogP contribution is 2.32. The Morgan fingerprint density at radius 1 is 1.15 bits per heavy atom. The van der Waals surface area contributed by atoms with Gasteiger partial charge in [-0.2, -0.15) is 0 Å². The van der Waals surface area contributed by atoms with Gasteiger partial charge in [-0.05, 0) is 28.1 Å². The van der Waals surface area contributed by atoms with Gasteiger partial charge in [-0.3, -0.25) is 4.79 Å². The van der Waals surface area contributed by atoms with Crippen molar-refractivity contribution in [1.29, 1.82) is 0 Å². The van der Waals surface area contributed by atoms with Crippen LogP contribution < -0.4 is 0 Å². The molecule has 3 aromatic rings. The number of aliphatic carboxylic acids is 1. The molecule has 3 rings (SSSR count). The largest absolute Gasteiger partial charge is 0.480 e. The van der Waals surface area contributed by atoms with Crippen molar-refractivity contribution in [3.63, 3.8) is 0 Å². The molecule has 0 spiro atoms. The number of aromatic nitrogens is 4. The van der Waals surface area contributed by atoms with E-state index in [0.29, 0.717) is 5.82 Å². The van der Waals surface area contributed by atoms with Crippen LogP contribution in [0.5, 0.6) is 0 Å². The fourth-order valence-corrected chi connectivity index (χ4v) is 2.83. The first-order valence-corrected chi connectivity index (χ1v) is 6.69. The maximum atomic E-state index is 10.8. The van der Waals surface area contributed by atoms with Crippen LogP contribution in [-0.2, 0) is 11.3 Å². The molecule has 7 heteroatoms. The third-order valence-electron chi connectivity index (χ3n) is 2.70. The molecular weight excluding hydrogens is 276 g/mol. The van der Waals surface area contributed by atoms with E-state index < -0.39 is 5.97 Å². The summed E-state index contributed by atoms with van der Waals surface area (Å²) in [6.45, 7) is -0.249. The van der Waals surface area contributed by atoms with E-state index in [-0.39, 0.29) is 6.54 Å². The third kappa shape index (κ3) is 2.43. The Labute approximate surface area is 118 Å². The van der Waals surface area contributed by atoms with Crippen LogP contribution in [0, 0.1) is 0 Å². The van der Waals surface area contributed by atoms with E-state index >= 15 is 0 Å². The molecule has 0 amide bonds. The Morgan fingerprint density at radius 2 is 1.90 bits per heavy atom. The highest BCUT2D eigenvalue weighted by Gasteiger charge is 2.14. The zero-order chi connectivity index (χ0) is 13.9. The molecule has 0 fully saturated rings. The molecule has 0 atom stereocenters. The van der Waals surface area contributed by atoms with Crippen LogP contribution in [0.2, 0.25) is 0 Å². The predicted molar refractivity (Wildman–Crippen MR) is 74.2 cm³/mol. The second-order valence-electron chi connectivity index (χ2n) is 4.08. The van der Waals surface area contributed by atoms with Gasteiger partial charge in [0.25, 0.3) is 0 Å². The first-order chi connectivity index (χ1) is 9.74. The first-order valence-electron chi connectivity index (χ1n) is 5.87. The van der Waals surface area contributed by atoms with Gasteiger partial charge in [0.2, 0.25) is 0 Å². The number of hydrogen-bond acceptors (Lipinski definition) is 5. The molecule has 2 heterocycles. The Kier molecular flexibility index (Phi) is 3.26. The summed E-state index contributed by atoms with van der Waals surface area (Å²) < 4.78 is 1.28. The maximum Gasteiger partial charge on any atom is 0.325 e. The summed E-state index contributed by atoms with van der Waals surface area (Å²) in [6, 6.07) is 13.8. The number of tetrazole rings is 1. The van der Waals surface area contributed by atoms with E-state index in [9.17, 15) is 4.79 Å². The van der Waals surface area contributed by atoms with Crippen LogP contribution in [0.25, 0.3) is 21.1 Å². The minimum absolute atomic E-state index is 0.249. The highest BCUT2D eigenvalue weighted by molar-refractivity contribution is 7.18. The molecule has 1 N–H and O–H groups in total. The lowest BCUT2D eigenvalue weighted by Crippen LogP contribution is -2.11. The first kappa shape index (κ1) is 12.5. The van der Waals surface area contributed by atoms with Crippen molar-refractivity contribution in [3.05, 3.63) is 42.5 Å². The average Bonchev–Trinajstić information content (AvgIpc) is 3.07. The lowest BCUT2D eigenvalue weighted by Gasteiger charge is -1.98. The Bertz CT molecular complexity index is 736. The van der Waals surface area contributed by atoms with Gasteiger partial charge in [0.1, 0.15) is 6.54 Å². The van der Waals surface area contributed by atoms with Crippen LogP contribution >= 0.6 is 11.3 Å². The number of benzene rings is 1. The topological polar surface area (TPSA) is 80.9 Å².